The van der Waals surface area contributed by atoms with Gasteiger partial charge in [0.15, 0.2) is 12.4 Å². The Morgan fingerprint density at radius 2 is 1.59 bits per heavy atom. The highest BCUT2D eigenvalue weighted by Gasteiger charge is 2.51. The lowest BCUT2D eigenvalue weighted by Crippen LogP contribution is -2.64. The first-order valence-electron chi connectivity index (χ1n) is 14.0. The summed E-state index contributed by atoms with van der Waals surface area (Å²) in [6.45, 7) is 0.757. The average Bonchev–Trinajstić information content (AvgIpc) is 3.38. The van der Waals surface area contributed by atoms with E-state index in [1.54, 1.807) is 24.3 Å². The van der Waals surface area contributed by atoms with E-state index < -0.39 is 80.1 Å². The summed E-state index contributed by atoms with van der Waals surface area (Å²) < 4.78 is 34.3. The zero-order chi connectivity index (χ0) is 31.7. The molecule has 2 fully saturated rings. The van der Waals surface area contributed by atoms with Gasteiger partial charge in [-0.15, -0.1) is 0 Å². The minimum Gasteiger partial charge on any atom is -0.508 e. The molecule has 0 aromatic heterocycles. The molecule has 3 aliphatic heterocycles. The molecule has 14 nitrogen and oxygen atoms in total. The number of rotatable bonds is 9. The van der Waals surface area contributed by atoms with Crippen molar-refractivity contribution in [2.75, 3.05) is 13.7 Å². The average molecular weight is 621 g/mol. The Hall–Kier alpha value is -3.31. The topological polar surface area (TPSA) is 214 Å². The summed E-state index contributed by atoms with van der Waals surface area (Å²) in [4.78, 5) is 12.4. The fourth-order valence-electron chi connectivity index (χ4n) is 5.37. The van der Waals surface area contributed by atoms with Crippen molar-refractivity contribution in [3.63, 3.8) is 0 Å². The number of phenolic OH excluding ortho intramolecular Hbond substituents is 1. The van der Waals surface area contributed by atoms with Crippen LogP contribution in [0.25, 0.3) is 5.57 Å². The van der Waals surface area contributed by atoms with Gasteiger partial charge in [-0.25, -0.2) is 4.79 Å². The van der Waals surface area contributed by atoms with Gasteiger partial charge in [0.2, 0.25) is 6.29 Å². The van der Waals surface area contributed by atoms with Gasteiger partial charge >= 0.3 is 5.97 Å². The standard InChI is InChI=1S/C30H36O14/c1-13-23(34)25(36)27(38)29(40-13)44-28-26(37)24(35)21(12-31)43-30(28)42-20-10-16(39-2)7-8-17(20)18-11-22(33)41-19(18)9-14-3-5-15(32)6-4-14/h3-8,10-11,13,19,21,23-32,34-38H,9,12H2,1-2H3/t13-,19?,21+,23-,24+,25+,26-,27+,28+,29-,30+/m0/s1. The fraction of sp³-hybridized carbons (Fsp3) is 0.500. The molecule has 14 heteroatoms. The lowest BCUT2D eigenvalue weighted by atomic mass is 9.95. The van der Waals surface area contributed by atoms with Gasteiger partial charge in [0.25, 0.3) is 0 Å². The van der Waals surface area contributed by atoms with Gasteiger partial charge in [0.1, 0.15) is 60.0 Å². The number of hydrogen-bond acceptors (Lipinski definition) is 14. The number of aliphatic hydroxyl groups excluding tert-OH is 6. The second kappa shape index (κ2) is 13.4. The smallest absolute Gasteiger partial charge is 0.331 e. The van der Waals surface area contributed by atoms with E-state index in [0.717, 1.165) is 5.56 Å². The summed E-state index contributed by atoms with van der Waals surface area (Å²) >= 11 is 0. The van der Waals surface area contributed by atoms with Crippen LogP contribution in [-0.2, 0) is 30.2 Å². The van der Waals surface area contributed by atoms with Crippen molar-refractivity contribution in [2.45, 2.75) is 80.9 Å². The third-order valence-electron chi connectivity index (χ3n) is 7.90. The zero-order valence-corrected chi connectivity index (χ0v) is 23.9. The second-order valence-electron chi connectivity index (χ2n) is 10.9. The number of cyclic esters (lactones) is 1. The van der Waals surface area contributed by atoms with Gasteiger partial charge in [-0.1, -0.05) is 12.1 Å². The molecular weight excluding hydrogens is 584 g/mol. The van der Waals surface area contributed by atoms with Crippen molar-refractivity contribution in [1.82, 2.24) is 0 Å². The molecular formula is C30H36O14. The van der Waals surface area contributed by atoms with Gasteiger partial charge in [-0.2, -0.15) is 0 Å². The molecule has 0 aliphatic carbocycles. The molecule has 2 aromatic rings. The lowest BCUT2D eigenvalue weighted by Gasteiger charge is -2.45. The number of benzene rings is 2. The summed E-state index contributed by atoms with van der Waals surface area (Å²) in [6, 6.07) is 11.2. The van der Waals surface area contributed by atoms with Crippen molar-refractivity contribution in [3.05, 3.63) is 59.7 Å². The number of aromatic hydroxyl groups is 1. The molecule has 3 heterocycles. The second-order valence-corrected chi connectivity index (χ2v) is 10.9. The van der Waals surface area contributed by atoms with E-state index in [2.05, 4.69) is 0 Å². The van der Waals surface area contributed by atoms with Crippen LogP contribution in [-0.4, -0.2) is 123 Å². The van der Waals surface area contributed by atoms with Gasteiger partial charge < -0.3 is 64.2 Å². The molecule has 0 bridgehead atoms. The van der Waals surface area contributed by atoms with Gasteiger partial charge in [0, 0.05) is 29.7 Å². The summed E-state index contributed by atoms with van der Waals surface area (Å²) in [7, 11) is 1.43. The third-order valence-corrected chi connectivity index (χ3v) is 7.90. The van der Waals surface area contributed by atoms with E-state index in [1.165, 1.54) is 38.3 Å². The minimum atomic E-state index is -1.73. The first kappa shape index (κ1) is 32.1. The fourth-order valence-corrected chi connectivity index (χ4v) is 5.37. The maximum Gasteiger partial charge on any atom is 0.331 e. The van der Waals surface area contributed by atoms with Crippen LogP contribution in [0.4, 0.5) is 0 Å². The predicted molar refractivity (Wildman–Crippen MR) is 148 cm³/mol. The number of phenols is 1. The largest absolute Gasteiger partial charge is 0.508 e. The van der Waals surface area contributed by atoms with E-state index >= 15 is 0 Å². The van der Waals surface area contributed by atoms with Crippen molar-refractivity contribution in [3.8, 4) is 17.2 Å². The van der Waals surface area contributed by atoms with Crippen LogP contribution in [0.1, 0.15) is 18.1 Å². The van der Waals surface area contributed by atoms with Crippen LogP contribution in [0.5, 0.6) is 17.2 Å². The molecule has 1 unspecified atom stereocenters. The predicted octanol–water partition coefficient (Wildman–Crippen LogP) is -1.02. The highest BCUT2D eigenvalue weighted by Crippen LogP contribution is 2.39. The normalized spacial score (nSPS) is 35.6. The maximum absolute atomic E-state index is 12.4. The van der Waals surface area contributed by atoms with Gasteiger partial charge in [0.05, 0.1) is 19.8 Å². The highest BCUT2D eigenvalue weighted by atomic mass is 16.8. The Morgan fingerprint density at radius 1 is 0.864 bits per heavy atom. The lowest BCUT2D eigenvalue weighted by molar-refractivity contribution is -0.354. The molecule has 7 N–H and O–H groups in total. The van der Waals surface area contributed by atoms with Crippen LogP contribution in [0.3, 0.4) is 0 Å². The first-order chi connectivity index (χ1) is 21.0. The zero-order valence-electron chi connectivity index (χ0n) is 23.9. The maximum atomic E-state index is 12.4. The number of esters is 1. The Balaban J connectivity index is 1.47. The summed E-state index contributed by atoms with van der Waals surface area (Å²) in [5.41, 5.74) is 1.62. The molecule has 0 amide bonds. The van der Waals surface area contributed by atoms with Crippen LogP contribution in [0.2, 0.25) is 0 Å². The molecule has 0 spiro atoms. The van der Waals surface area contributed by atoms with E-state index in [0.29, 0.717) is 16.9 Å². The minimum absolute atomic E-state index is 0.0859. The van der Waals surface area contributed by atoms with E-state index in [1.807, 2.05) is 0 Å². The Bertz CT molecular complexity index is 1330. The highest BCUT2D eigenvalue weighted by molar-refractivity contribution is 5.98. The van der Waals surface area contributed by atoms with Crippen molar-refractivity contribution >= 4 is 11.5 Å². The molecule has 11 atom stereocenters. The van der Waals surface area contributed by atoms with Crippen molar-refractivity contribution < 1.29 is 69.0 Å². The third kappa shape index (κ3) is 6.54. The Morgan fingerprint density at radius 3 is 2.27 bits per heavy atom. The van der Waals surface area contributed by atoms with E-state index in [9.17, 15) is 40.5 Å². The summed E-state index contributed by atoms with van der Waals surface area (Å²) in [5.74, 6) is -0.0488. The SMILES string of the molecule is COc1ccc(C2=CC(=O)OC2Cc2ccc(O)cc2)c(O[C@@H]2O[C@H](CO)[C@@H](O)[C@H](O)[C@H]2O[C@@H]2O[C@@H](C)[C@H](O)[C@@H](O)[C@H]2O)c1. The van der Waals surface area contributed by atoms with Crippen LogP contribution in [0, 0.1) is 0 Å². The van der Waals surface area contributed by atoms with Crippen LogP contribution >= 0.6 is 0 Å². The Kier molecular flexibility index (Phi) is 9.74. The number of ether oxygens (including phenoxy) is 6. The molecule has 5 rings (SSSR count). The monoisotopic (exact) mass is 620 g/mol. The summed E-state index contributed by atoms with van der Waals surface area (Å²) in [6.07, 6.45) is -14.2. The van der Waals surface area contributed by atoms with E-state index in [4.69, 9.17) is 28.4 Å². The van der Waals surface area contributed by atoms with Gasteiger partial charge in [-0.05, 0) is 36.8 Å². The molecule has 0 radical (unpaired) electrons. The molecule has 2 saturated heterocycles. The van der Waals surface area contributed by atoms with Crippen LogP contribution < -0.4 is 9.47 Å². The van der Waals surface area contributed by atoms with Crippen LogP contribution in [0.15, 0.2) is 48.5 Å². The van der Waals surface area contributed by atoms with Crippen molar-refractivity contribution in [2.24, 2.45) is 0 Å². The molecule has 240 valence electrons. The summed E-state index contributed by atoms with van der Waals surface area (Å²) in [5, 5.41) is 71.9. The van der Waals surface area contributed by atoms with Gasteiger partial charge in [-0.3, -0.25) is 0 Å². The molecule has 44 heavy (non-hydrogen) atoms. The quantitative estimate of drug-likeness (QED) is 0.167. The number of carbonyl (C=O) groups excluding carboxylic acids is 1. The van der Waals surface area contributed by atoms with Crippen molar-refractivity contribution in [1.29, 1.82) is 0 Å². The number of carbonyl (C=O) groups is 1. The van der Waals surface area contributed by atoms with E-state index in [-0.39, 0.29) is 17.9 Å². The number of methoxy groups -OCH3 is 1. The molecule has 3 aliphatic rings. The Labute approximate surface area is 252 Å². The number of aliphatic hydroxyl groups is 6. The first-order valence-corrected chi connectivity index (χ1v) is 14.0. The number of hydrogen-bond donors (Lipinski definition) is 7. The molecule has 2 aromatic carbocycles. The molecule has 0 saturated carbocycles.